The average Bonchev–Trinajstić information content (AvgIpc) is 2.10. The normalized spacial score (nSPS) is 12.4. The fourth-order valence-electron chi connectivity index (χ4n) is 1.32. The van der Waals surface area contributed by atoms with E-state index in [2.05, 4.69) is 32.7 Å². The molecule has 0 aromatic carbocycles. The summed E-state index contributed by atoms with van der Waals surface area (Å²) < 4.78 is 5.67. The summed E-state index contributed by atoms with van der Waals surface area (Å²) in [5.74, 6) is 0. The first-order valence-electron chi connectivity index (χ1n) is 5.98. The molecule has 0 atom stereocenters. The van der Waals surface area contributed by atoms with Crippen molar-refractivity contribution in [3.63, 3.8) is 0 Å². The van der Waals surface area contributed by atoms with Crippen LogP contribution >= 0.6 is 0 Å². The molecule has 15 heavy (non-hydrogen) atoms. The van der Waals surface area contributed by atoms with E-state index in [0.29, 0.717) is 0 Å². The van der Waals surface area contributed by atoms with Gasteiger partial charge in [0, 0.05) is 6.54 Å². The monoisotopic (exact) mass is 216 g/mol. The van der Waals surface area contributed by atoms with Crippen LogP contribution < -0.4 is 5.73 Å². The molecule has 0 bridgehead atoms. The molecular weight excluding hydrogens is 188 g/mol. The standard InChI is InChI=1S/C12H28N2O/c1-12(2,3)15-11-10-14(4)9-7-5-6-8-13/h5-11,13H2,1-4H3. The highest BCUT2D eigenvalue weighted by atomic mass is 16.5. The number of hydrogen-bond acceptors (Lipinski definition) is 3. The molecule has 0 aromatic heterocycles. The van der Waals surface area contributed by atoms with Crippen molar-refractivity contribution < 1.29 is 4.74 Å². The van der Waals surface area contributed by atoms with Crippen LogP contribution in [0.4, 0.5) is 0 Å². The number of ether oxygens (including phenoxy) is 1. The zero-order chi connectivity index (χ0) is 11.7. The second-order valence-corrected chi connectivity index (χ2v) is 5.11. The van der Waals surface area contributed by atoms with Crippen molar-refractivity contribution in [3.8, 4) is 0 Å². The maximum atomic E-state index is 5.67. The van der Waals surface area contributed by atoms with Crippen LogP contribution in [0.2, 0.25) is 0 Å². The fraction of sp³-hybridized carbons (Fsp3) is 1.00. The molecule has 3 nitrogen and oxygen atoms in total. The van der Waals surface area contributed by atoms with Crippen molar-refractivity contribution in [2.45, 2.75) is 45.6 Å². The van der Waals surface area contributed by atoms with Crippen LogP contribution in [0.3, 0.4) is 0 Å². The SMILES string of the molecule is CN(CCCCCN)CCOC(C)(C)C. The summed E-state index contributed by atoms with van der Waals surface area (Å²) >= 11 is 0. The van der Waals surface area contributed by atoms with Gasteiger partial charge in [0.2, 0.25) is 0 Å². The molecule has 0 rings (SSSR count). The molecule has 0 fully saturated rings. The van der Waals surface area contributed by atoms with Crippen LogP contribution in [-0.4, -0.2) is 43.8 Å². The Balaban J connectivity index is 3.29. The van der Waals surface area contributed by atoms with E-state index in [-0.39, 0.29) is 5.60 Å². The van der Waals surface area contributed by atoms with Crippen LogP contribution in [-0.2, 0) is 4.74 Å². The summed E-state index contributed by atoms with van der Waals surface area (Å²) in [7, 11) is 2.15. The van der Waals surface area contributed by atoms with E-state index >= 15 is 0 Å². The molecule has 0 aromatic rings. The lowest BCUT2D eigenvalue weighted by Crippen LogP contribution is -2.28. The molecule has 0 heterocycles. The molecule has 0 aliphatic carbocycles. The van der Waals surface area contributed by atoms with E-state index in [9.17, 15) is 0 Å². The number of likely N-dealkylation sites (N-methyl/N-ethyl adjacent to an activating group) is 1. The van der Waals surface area contributed by atoms with E-state index < -0.39 is 0 Å². The Labute approximate surface area is 95.0 Å². The molecule has 0 amide bonds. The first-order chi connectivity index (χ1) is 6.95. The van der Waals surface area contributed by atoms with Crippen molar-refractivity contribution in [1.29, 1.82) is 0 Å². The zero-order valence-corrected chi connectivity index (χ0v) is 10.9. The second kappa shape index (κ2) is 8.08. The van der Waals surface area contributed by atoms with Gasteiger partial charge in [-0.2, -0.15) is 0 Å². The van der Waals surface area contributed by atoms with Crippen LogP contribution in [0.15, 0.2) is 0 Å². The summed E-state index contributed by atoms with van der Waals surface area (Å²) in [6.45, 7) is 10.1. The van der Waals surface area contributed by atoms with E-state index in [1.54, 1.807) is 0 Å². The Hall–Kier alpha value is -0.120. The maximum absolute atomic E-state index is 5.67. The Kier molecular flexibility index (Phi) is 8.02. The van der Waals surface area contributed by atoms with Gasteiger partial charge in [-0.3, -0.25) is 0 Å². The highest BCUT2D eigenvalue weighted by molar-refractivity contribution is 4.60. The van der Waals surface area contributed by atoms with Crippen molar-refractivity contribution >= 4 is 0 Å². The van der Waals surface area contributed by atoms with Crippen LogP contribution in [0.1, 0.15) is 40.0 Å². The minimum absolute atomic E-state index is 0.0135. The molecule has 0 aliphatic rings. The van der Waals surface area contributed by atoms with Crippen molar-refractivity contribution in [3.05, 3.63) is 0 Å². The molecule has 0 unspecified atom stereocenters. The second-order valence-electron chi connectivity index (χ2n) is 5.11. The van der Waals surface area contributed by atoms with E-state index in [4.69, 9.17) is 10.5 Å². The predicted octanol–water partition coefficient (Wildman–Crippen LogP) is 1.86. The summed E-state index contributed by atoms with van der Waals surface area (Å²) in [4.78, 5) is 2.32. The first-order valence-corrected chi connectivity index (χ1v) is 5.98. The quantitative estimate of drug-likeness (QED) is 0.629. The smallest absolute Gasteiger partial charge is 0.0600 e. The van der Waals surface area contributed by atoms with E-state index in [1.165, 1.54) is 12.8 Å². The molecule has 0 radical (unpaired) electrons. The third-order valence-corrected chi connectivity index (χ3v) is 2.25. The molecule has 0 saturated carbocycles. The van der Waals surface area contributed by atoms with Gasteiger partial charge >= 0.3 is 0 Å². The highest BCUT2D eigenvalue weighted by Gasteiger charge is 2.09. The maximum Gasteiger partial charge on any atom is 0.0600 e. The van der Waals surface area contributed by atoms with Gasteiger partial charge in [-0.25, -0.2) is 0 Å². The molecule has 0 spiro atoms. The number of rotatable bonds is 8. The summed E-state index contributed by atoms with van der Waals surface area (Å²) in [6, 6.07) is 0. The van der Waals surface area contributed by atoms with Gasteiger partial charge in [0.1, 0.15) is 0 Å². The zero-order valence-electron chi connectivity index (χ0n) is 10.9. The molecule has 3 heteroatoms. The summed E-state index contributed by atoms with van der Waals surface area (Å²) in [6.07, 6.45) is 3.62. The van der Waals surface area contributed by atoms with Gasteiger partial charge in [0.05, 0.1) is 12.2 Å². The Morgan fingerprint density at radius 1 is 1.07 bits per heavy atom. The predicted molar refractivity (Wildman–Crippen MR) is 66.1 cm³/mol. The highest BCUT2D eigenvalue weighted by Crippen LogP contribution is 2.06. The minimum atomic E-state index is -0.0135. The van der Waals surface area contributed by atoms with Crippen LogP contribution in [0.25, 0.3) is 0 Å². The Bertz CT molecular complexity index is 143. The first kappa shape index (κ1) is 14.9. The van der Waals surface area contributed by atoms with Gasteiger partial charge in [-0.15, -0.1) is 0 Å². The van der Waals surface area contributed by atoms with E-state index in [0.717, 1.165) is 32.7 Å². The van der Waals surface area contributed by atoms with E-state index in [1.807, 2.05) is 0 Å². The molecule has 2 N–H and O–H groups in total. The molecule has 0 aliphatic heterocycles. The van der Waals surface area contributed by atoms with Crippen molar-refractivity contribution in [2.24, 2.45) is 5.73 Å². The van der Waals surface area contributed by atoms with Crippen molar-refractivity contribution in [2.75, 3.05) is 33.3 Å². The minimum Gasteiger partial charge on any atom is -0.375 e. The lowest BCUT2D eigenvalue weighted by Gasteiger charge is -2.22. The molecule has 0 saturated heterocycles. The van der Waals surface area contributed by atoms with Gasteiger partial charge < -0.3 is 15.4 Å². The third kappa shape index (κ3) is 11.8. The van der Waals surface area contributed by atoms with Crippen molar-refractivity contribution in [1.82, 2.24) is 4.90 Å². The Morgan fingerprint density at radius 2 is 1.73 bits per heavy atom. The Morgan fingerprint density at radius 3 is 2.27 bits per heavy atom. The molecular formula is C12H28N2O. The lowest BCUT2D eigenvalue weighted by atomic mass is 10.2. The number of unbranched alkanes of at least 4 members (excludes halogenated alkanes) is 2. The number of nitrogens with zero attached hydrogens (tertiary/aromatic N) is 1. The van der Waals surface area contributed by atoms with Gasteiger partial charge in [0.25, 0.3) is 0 Å². The largest absolute Gasteiger partial charge is 0.375 e. The van der Waals surface area contributed by atoms with Crippen LogP contribution in [0.5, 0.6) is 0 Å². The summed E-state index contributed by atoms with van der Waals surface area (Å²) in [5.41, 5.74) is 5.43. The van der Waals surface area contributed by atoms with Gasteiger partial charge in [-0.1, -0.05) is 6.42 Å². The topological polar surface area (TPSA) is 38.5 Å². The average molecular weight is 216 g/mol. The molecule has 92 valence electrons. The fourth-order valence-corrected chi connectivity index (χ4v) is 1.32. The summed E-state index contributed by atoms with van der Waals surface area (Å²) in [5, 5.41) is 0. The number of hydrogen-bond donors (Lipinski definition) is 1. The lowest BCUT2D eigenvalue weighted by molar-refractivity contribution is -0.0108. The van der Waals surface area contributed by atoms with Gasteiger partial charge in [-0.05, 0) is 53.8 Å². The van der Waals surface area contributed by atoms with Gasteiger partial charge in [0.15, 0.2) is 0 Å². The number of nitrogens with two attached hydrogens (primary N) is 1. The third-order valence-electron chi connectivity index (χ3n) is 2.25. The van der Waals surface area contributed by atoms with Crippen LogP contribution in [0, 0.1) is 0 Å².